The van der Waals surface area contributed by atoms with Crippen molar-refractivity contribution in [2.75, 3.05) is 33.9 Å². The predicted octanol–water partition coefficient (Wildman–Crippen LogP) is 0.398. The molecule has 0 rings (SSSR count). The van der Waals surface area contributed by atoms with Gasteiger partial charge < -0.3 is 20.1 Å². The fourth-order valence-corrected chi connectivity index (χ4v) is 1.21. The fourth-order valence-electron chi connectivity index (χ4n) is 1.21. The van der Waals surface area contributed by atoms with E-state index in [9.17, 15) is 4.79 Å². The maximum atomic E-state index is 11.5. The topological polar surface area (TPSA) is 59.6 Å². The summed E-state index contributed by atoms with van der Waals surface area (Å²) in [5.74, 6) is 0.456. The molecule has 0 radical (unpaired) electrons. The molecule has 0 saturated heterocycles. The lowest BCUT2D eigenvalue weighted by atomic mass is 10.1. The average Bonchev–Trinajstić information content (AvgIpc) is 2.27. The summed E-state index contributed by atoms with van der Waals surface area (Å²) in [5.41, 5.74) is 0. The Bertz CT molecular complexity index is 210. The Morgan fingerprint density at radius 3 is 2.35 bits per heavy atom. The summed E-state index contributed by atoms with van der Waals surface area (Å²) >= 11 is 0. The molecule has 0 aromatic heterocycles. The molecule has 0 saturated carbocycles. The maximum absolute atomic E-state index is 11.5. The summed E-state index contributed by atoms with van der Waals surface area (Å²) < 4.78 is 10.2. The third-order valence-electron chi connectivity index (χ3n) is 2.73. The van der Waals surface area contributed by atoms with Crippen molar-refractivity contribution in [1.29, 1.82) is 0 Å². The van der Waals surface area contributed by atoms with E-state index < -0.39 is 0 Å². The summed E-state index contributed by atoms with van der Waals surface area (Å²) in [6.45, 7) is 7.60. The Labute approximate surface area is 104 Å². The van der Waals surface area contributed by atoms with Crippen LogP contribution < -0.4 is 10.6 Å². The van der Waals surface area contributed by atoms with E-state index in [2.05, 4.69) is 24.5 Å². The van der Waals surface area contributed by atoms with Gasteiger partial charge in [0.05, 0.1) is 19.3 Å². The largest absolute Gasteiger partial charge is 0.382 e. The lowest BCUT2D eigenvalue weighted by molar-refractivity contribution is -0.121. The van der Waals surface area contributed by atoms with Gasteiger partial charge in [0.2, 0.25) is 5.91 Å². The molecule has 0 fully saturated rings. The van der Waals surface area contributed by atoms with Crippen molar-refractivity contribution >= 4 is 5.91 Å². The molecule has 0 aromatic rings. The molecule has 5 heteroatoms. The number of ether oxygens (including phenoxy) is 2. The summed E-state index contributed by atoms with van der Waals surface area (Å²) in [5, 5.41) is 5.98. The highest BCUT2D eigenvalue weighted by Crippen LogP contribution is 1.98. The Hall–Kier alpha value is -0.650. The van der Waals surface area contributed by atoms with Gasteiger partial charge in [0, 0.05) is 26.8 Å². The van der Waals surface area contributed by atoms with Gasteiger partial charge in [-0.25, -0.2) is 0 Å². The second-order valence-corrected chi connectivity index (χ2v) is 4.54. The van der Waals surface area contributed by atoms with E-state index >= 15 is 0 Å². The van der Waals surface area contributed by atoms with Gasteiger partial charge >= 0.3 is 0 Å². The van der Waals surface area contributed by atoms with Crippen LogP contribution in [0, 0.1) is 5.92 Å². The highest BCUT2D eigenvalue weighted by Gasteiger charge is 2.11. The molecule has 2 unspecified atom stereocenters. The molecular formula is C12H26N2O3. The fraction of sp³-hybridized carbons (Fsp3) is 0.917. The van der Waals surface area contributed by atoms with Crippen molar-refractivity contribution in [2.45, 2.75) is 32.9 Å². The monoisotopic (exact) mass is 246 g/mol. The zero-order valence-corrected chi connectivity index (χ0v) is 11.6. The second-order valence-electron chi connectivity index (χ2n) is 4.54. The molecular weight excluding hydrogens is 220 g/mol. The normalized spacial score (nSPS) is 14.7. The number of hydrogen-bond acceptors (Lipinski definition) is 4. The first-order chi connectivity index (χ1) is 8.01. The molecule has 5 nitrogen and oxygen atoms in total. The van der Waals surface area contributed by atoms with Crippen LogP contribution in [-0.4, -0.2) is 52.0 Å². The number of amides is 1. The summed E-state index contributed by atoms with van der Waals surface area (Å²) in [4.78, 5) is 11.5. The molecule has 0 aromatic carbocycles. The van der Waals surface area contributed by atoms with Crippen LogP contribution in [0.25, 0.3) is 0 Å². The van der Waals surface area contributed by atoms with Crippen molar-refractivity contribution in [3.05, 3.63) is 0 Å². The lowest BCUT2D eigenvalue weighted by Gasteiger charge is -2.18. The molecule has 2 atom stereocenters. The van der Waals surface area contributed by atoms with Crippen LogP contribution in [0.15, 0.2) is 0 Å². The smallest absolute Gasteiger partial charge is 0.234 e. The molecule has 0 aliphatic heterocycles. The number of carbonyl (C=O) groups excluding carboxylic acids is 1. The summed E-state index contributed by atoms with van der Waals surface area (Å²) in [6, 6.07) is 0.196. The van der Waals surface area contributed by atoms with E-state index in [0.717, 1.165) is 0 Å². The first-order valence-electron chi connectivity index (χ1n) is 6.03. The number of rotatable bonds is 9. The number of nitrogens with one attached hydrogen (secondary N) is 2. The first kappa shape index (κ1) is 16.4. The van der Waals surface area contributed by atoms with E-state index in [1.54, 1.807) is 14.2 Å². The third-order valence-corrected chi connectivity index (χ3v) is 2.73. The average molecular weight is 246 g/mol. The van der Waals surface area contributed by atoms with Gasteiger partial charge in [0.15, 0.2) is 0 Å². The molecule has 0 aliphatic rings. The lowest BCUT2D eigenvalue weighted by Crippen LogP contribution is -2.43. The molecule has 1 amide bonds. The van der Waals surface area contributed by atoms with Crippen LogP contribution in [0.3, 0.4) is 0 Å². The summed E-state index contributed by atoms with van der Waals surface area (Å²) in [6.07, 6.45) is -0.0182. The molecule has 0 heterocycles. The zero-order chi connectivity index (χ0) is 13.3. The quantitative estimate of drug-likeness (QED) is 0.618. The SMILES string of the molecule is COCC(CNCC(=O)NC(C)C(C)C)OC. The van der Waals surface area contributed by atoms with E-state index in [1.807, 2.05) is 6.92 Å². The van der Waals surface area contributed by atoms with Crippen molar-refractivity contribution in [1.82, 2.24) is 10.6 Å². The molecule has 0 spiro atoms. The minimum absolute atomic E-state index is 0.0125. The van der Waals surface area contributed by atoms with Crippen LogP contribution >= 0.6 is 0 Å². The Kier molecular flexibility index (Phi) is 9.03. The Morgan fingerprint density at radius 1 is 1.24 bits per heavy atom. The minimum atomic E-state index is -0.0182. The van der Waals surface area contributed by atoms with Crippen LogP contribution in [0.2, 0.25) is 0 Å². The van der Waals surface area contributed by atoms with Crippen LogP contribution in [0.1, 0.15) is 20.8 Å². The van der Waals surface area contributed by atoms with Crippen molar-refractivity contribution < 1.29 is 14.3 Å². The van der Waals surface area contributed by atoms with Crippen molar-refractivity contribution in [3.63, 3.8) is 0 Å². The summed E-state index contributed by atoms with van der Waals surface area (Å²) in [7, 11) is 3.26. The molecule has 0 aliphatic carbocycles. The van der Waals surface area contributed by atoms with Crippen molar-refractivity contribution in [3.8, 4) is 0 Å². The Morgan fingerprint density at radius 2 is 1.88 bits per heavy atom. The van der Waals surface area contributed by atoms with E-state index in [1.165, 1.54) is 0 Å². The maximum Gasteiger partial charge on any atom is 0.234 e. The van der Waals surface area contributed by atoms with Crippen molar-refractivity contribution in [2.24, 2.45) is 5.92 Å². The molecule has 17 heavy (non-hydrogen) atoms. The number of carbonyl (C=O) groups is 1. The van der Waals surface area contributed by atoms with Gasteiger partial charge in [-0.05, 0) is 12.8 Å². The van der Waals surface area contributed by atoms with E-state index in [0.29, 0.717) is 25.6 Å². The van der Waals surface area contributed by atoms with E-state index in [-0.39, 0.29) is 18.1 Å². The molecule has 2 N–H and O–H groups in total. The minimum Gasteiger partial charge on any atom is -0.382 e. The predicted molar refractivity (Wildman–Crippen MR) is 68.0 cm³/mol. The van der Waals surface area contributed by atoms with Crippen LogP contribution in [0.5, 0.6) is 0 Å². The highest BCUT2D eigenvalue weighted by molar-refractivity contribution is 5.78. The van der Waals surface area contributed by atoms with Gasteiger partial charge in [-0.1, -0.05) is 13.8 Å². The molecule has 0 bridgehead atoms. The number of methoxy groups -OCH3 is 2. The van der Waals surface area contributed by atoms with Gasteiger partial charge in [0.25, 0.3) is 0 Å². The zero-order valence-electron chi connectivity index (χ0n) is 11.6. The van der Waals surface area contributed by atoms with Gasteiger partial charge in [0.1, 0.15) is 0 Å². The third kappa shape index (κ3) is 8.12. The first-order valence-corrected chi connectivity index (χ1v) is 6.03. The standard InChI is InChI=1S/C12H26N2O3/c1-9(2)10(3)14-12(15)7-13-6-11(17-5)8-16-4/h9-11,13H,6-8H2,1-5H3,(H,14,15). The van der Waals surface area contributed by atoms with Crippen LogP contribution in [0.4, 0.5) is 0 Å². The molecule has 102 valence electrons. The van der Waals surface area contributed by atoms with Crippen LogP contribution in [-0.2, 0) is 14.3 Å². The van der Waals surface area contributed by atoms with Gasteiger partial charge in [-0.15, -0.1) is 0 Å². The second kappa shape index (κ2) is 9.39. The highest BCUT2D eigenvalue weighted by atomic mass is 16.5. The Balaban J connectivity index is 3.69. The number of hydrogen-bond donors (Lipinski definition) is 2. The van der Waals surface area contributed by atoms with E-state index in [4.69, 9.17) is 9.47 Å². The van der Waals surface area contributed by atoms with Gasteiger partial charge in [-0.2, -0.15) is 0 Å². The van der Waals surface area contributed by atoms with Gasteiger partial charge in [-0.3, -0.25) is 4.79 Å².